The minimum Gasteiger partial charge on any atom is -0.480 e. The molecule has 0 radical (unpaired) electrons. The summed E-state index contributed by atoms with van der Waals surface area (Å²) in [5.41, 5.74) is 0.00613. The SMILES string of the molecule is CC1(OCC(=O)O)CN(C(=O)Nc2cn[nH]c2)C1. The zero-order valence-electron chi connectivity index (χ0n) is 9.84. The molecule has 2 heterocycles. The first-order valence-corrected chi connectivity index (χ1v) is 5.39. The maximum Gasteiger partial charge on any atom is 0.329 e. The van der Waals surface area contributed by atoms with Gasteiger partial charge in [-0.05, 0) is 6.92 Å². The molecule has 0 spiro atoms. The molecule has 1 aliphatic heterocycles. The number of nitrogens with zero attached hydrogens (tertiary/aromatic N) is 2. The van der Waals surface area contributed by atoms with Gasteiger partial charge in [0.25, 0.3) is 0 Å². The van der Waals surface area contributed by atoms with E-state index in [1.807, 2.05) is 0 Å². The second-order valence-corrected chi connectivity index (χ2v) is 4.41. The van der Waals surface area contributed by atoms with Crippen molar-refractivity contribution in [3.63, 3.8) is 0 Å². The molecule has 2 amide bonds. The molecule has 0 bridgehead atoms. The summed E-state index contributed by atoms with van der Waals surface area (Å²) in [4.78, 5) is 23.6. The minimum absolute atomic E-state index is 0.257. The smallest absolute Gasteiger partial charge is 0.329 e. The Balaban J connectivity index is 1.77. The largest absolute Gasteiger partial charge is 0.480 e. The van der Waals surface area contributed by atoms with E-state index in [9.17, 15) is 9.59 Å². The second kappa shape index (κ2) is 4.65. The first-order valence-electron chi connectivity index (χ1n) is 5.39. The van der Waals surface area contributed by atoms with Gasteiger partial charge < -0.3 is 20.1 Å². The highest BCUT2D eigenvalue weighted by molar-refractivity contribution is 5.89. The number of nitrogens with one attached hydrogen (secondary N) is 2. The van der Waals surface area contributed by atoms with Gasteiger partial charge in [-0.2, -0.15) is 5.10 Å². The van der Waals surface area contributed by atoms with Crippen LogP contribution in [-0.2, 0) is 9.53 Å². The minimum atomic E-state index is -1.02. The molecular formula is C10H14N4O4. The van der Waals surface area contributed by atoms with Crippen LogP contribution in [0.1, 0.15) is 6.92 Å². The Bertz CT molecular complexity index is 439. The first-order chi connectivity index (χ1) is 8.48. The first kappa shape index (κ1) is 12.4. The quantitative estimate of drug-likeness (QED) is 0.707. The zero-order valence-corrected chi connectivity index (χ0v) is 9.84. The standard InChI is InChI=1S/C10H14N4O4/c1-10(18-4-8(15)16)5-14(6-10)9(17)13-7-2-11-12-3-7/h2-3H,4-6H2,1H3,(H,11,12)(H,13,17)(H,15,16). The van der Waals surface area contributed by atoms with Crippen LogP contribution in [0.15, 0.2) is 12.4 Å². The van der Waals surface area contributed by atoms with E-state index in [4.69, 9.17) is 9.84 Å². The Morgan fingerprint density at radius 1 is 1.67 bits per heavy atom. The van der Waals surface area contributed by atoms with E-state index >= 15 is 0 Å². The number of hydrogen-bond donors (Lipinski definition) is 3. The van der Waals surface area contributed by atoms with E-state index in [0.29, 0.717) is 18.8 Å². The van der Waals surface area contributed by atoms with Crippen LogP contribution in [0, 0.1) is 0 Å². The number of H-pyrrole nitrogens is 1. The number of ether oxygens (including phenoxy) is 1. The van der Waals surface area contributed by atoms with E-state index in [-0.39, 0.29) is 12.6 Å². The average molecular weight is 254 g/mol. The lowest BCUT2D eigenvalue weighted by Crippen LogP contribution is -2.64. The number of hydrogen-bond acceptors (Lipinski definition) is 4. The molecule has 1 fully saturated rings. The number of aromatic amines is 1. The summed E-state index contributed by atoms with van der Waals surface area (Å²) in [6, 6.07) is -0.257. The van der Waals surface area contributed by atoms with Gasteiger partial charge in [-0.15, -0.1) is 0 Å². The van der Waals surface area contributed by atoms with Crippen molar-refractivity contribution in [3.8, 4) is 0 Å². The van der Waals surface area contributed by atoms with Gasteiger partial charge >= 0.3 is 12.0 Å². The molecule has 98 valence electrons. The third-order valence-electron chi connectivity index (χ3n) is 2.63. The summed E-state index contributed by atoms with van der Waals surface area (Å²) in [5.74, 6) is -1.02. The van der Waals surface area contributed by atoms with Crippen LogP contribution >= 0.6 is 0 Å². The topological polar surface area (TPSA) is 108 Å². The van der Waals surface area contributed by atoms with Crippen molar-refractivity contribution >= 4 is 17.7 Å². The lowest BCUT2D eigenvalue weighted by molar-refractivity contribution is -0.159. The summed E-state index contributed by atoms with van der Waals surface area (Å²) in [5, 5.41) is 17.5. The van der Waals surface area contributed by atoms with Gasteiger partial charge in [-0.25, -0.2) is 9.59 Å². The molecule has 8 heteroatoms. The van der Waals surface area contributed by atoms with Crippen molar-refractivity contribution in [1.82, 2.24) is 15.1 Å². The average Bonchev–Trinajstić information content (AvgIpc) is 2.75. The fourth-order valence-corrected chi connectivity index (χ4v) is 1.75. The molecule has 0 unspecified atom stereocenters. The monoisotopic (exact) mass is 254 g/mol. The van der Waals surface area contributed by atoms with Gasteiger partial charge in [-0.3, -0.25) is 5.10 Å². The molecule has 3 N–H and O–H groups in total. The van der Waals surface area contributed by atoms with Gasteiger partial charge in [0.1, 0.15) is 12.2 Å². The predicted octanol–water partition coefficient (Wildman–Crippen LogP) is 0.117. The molecule has 1 aromatic rings. The van der Waals surface area contributed by atoms with Crippen molar-refractivity contribution in [1.29, 1.82) is 0 Å². The molecule has 0 saturated carbocycles. The Morgan fingerprint density at radius 2 is 2.39 bits per heavy atom. The maximum absolute atomic E-state index is 11.7. The molecular weight excluding hydrogens is 240 g/mol. The number of carbonyl (C=O) groups is 2. The number of likely N-dealkylation sites (tertiary alicyclic amines) is 1. The van der Waals surface area contributed by atoms with E-state index in [0.717, 1.165) is 0 Å². The third-order valence-corrected chi connectivity index (χ3v) is 2.63. The zero-order chi connectivity index (χ0) is 13.2. The van der Waals surface area contributed by atoms with Crippen molar-refractivity contribution in [2.75, 3.05) is 25.0 Å². The van der Waals surface area contributed by atoms with Crippen molar-refractivity contribution in [2.45, 2.75) is 12.5 Å². The summed E-state index contributed by atoms with van der Waals surface area (Å²) in [6.45, 7) is 2.15. The Kier molecular flexibility index (Phi) is 3.19. The predicted molar refractivity (Wildman–Crippen MR) is 61.2 cm³/mol. The number of rotatable bonds is 4. The van der Waals surface area contributed by atoms with Crippen molar-refractivity contribution < 1.29 is 19.4 Å². The summed E-state index contributed by atoms with van der Waals surface area (Å²) in [6.07, 6.45) is 3.07. The molecule has 1 saturated heterocycles. The van der Waals surface area contributed by atoms with E-state index in [1.54, 1.807) is 13.1 Å². The molecule has 2 rings (SSSR count). The number of carboxylic acids is 1. The maximum atomic E-state index is 11.7. The van der Waals surface area contributed by atoms with Crippen LogP contribution in [0.25, 0.3) is 0 Å². The number of carbonyl (C=O) groups excluding carboxylic acids is 1. The van der Waals surface area contributed by atoms with Gasteiger partial charge in [0.2, 0.25) is 0 Å². The Morgan fingerprint density at radius 3 is 2.94 bits per heavy atom. The number of aromatic nitrogens is 2. The van der Waals surface area contributed by atoms with Crippen molar-refractivity contribution in [3.05, 3.63) is 12.4 Å². The molecule has 1 aromatic heterocycles. The molecule has 18 heavy (non-hydrogen) atoms. The lowest BCUT2D eigenvalue weighted by Gasteiger charge is -2.46. The third kappa shape index (κ3) is 2.77. The number of carboxylic acid groups (broad SMARTS) is 1. The van der Waals surface area contributed by atoms with Gasteiger partial charge in [-0.1, -0.05) is 0 Å². The summed E-state index contributed by atoms with van der Waals surface area (Å²) in [7, 11) is 0. The highest BCUT2D eigenvalue weighted by atomic mass is 16.5. The number of urea groups is 1. The van der Waals surface area contributed by atoms with E-state index in [1.165, 1.54) is 11.1 Å². The van der Waals surface area contributed by atoms with Crippen LogP contribution in [0.4, 0.5) is 10.5 Å². The number of anilines is 1. The Labute approximate surface area is 103 Å². The van der Waals surface area contributed by atoms with Crippen LogP contribution in [-0.4, -0.2) is 57.5 Å². The fraction of sp³-hybridized carbons (Fsp3) is 0.500. The van der Waals surface area contributed by atoms with Crippen molar-refractivity contribution in [2.24, 2.45) is 0 Å². The number of aliphatic carboxylic acids is 1. The Hall–Kier alpha value is -2.09. The lowest BCUT2D eigenvalue weighted by atomic mass is 9.97. The highest BCUT2D eigenvalue weighted by Gasteiger charge is 2.42. The number of amides is 2. The van der Waals surface area contributed by atoms with E-state index < -0.39 is 11.6 Å². The fourth-order valence-electron chi connectivity index (χ4n) is 1.75. The summed E-state index contributed by atoms with van der Waals surface area (Å²) < 4.78 is 5.20. The van der Waals surface area contributed by atoms with Gasteiger partial charge in [0, 0.05) is 6.20 Å². The molecule has 1 aliphatic rings. The summed E-state index contributed by atoms with van der Waals surface area (Å²) >= 11 is 0. The van der Waals surface area contributed by atoms with E-state index in [2.05, 4.69) is 15.5 Å². The highest BCUT2D eigenvalue weighted by Crippen LogP contribution is 2.25. The molecule has 0 aliphatic carbocycles. The molecule has 8 nitrogen and oxygen atoms in total. The molecule has 0 aromatic carbocycles. The van der Waals surface area contributed by atoms with Crippen LogP contribution < -0.4 is 5.32 Å². The normalized spacial score (nSPS) is 17.1. The molecule has 0 atom stereocenters. The van der Waals surface area contributed by atoms with Crippen LogP contribution in [0.2, 0.25) is 0 Å². The van der Waals surface area contributed by atoms with Crippen LogP contribution in [0.3, 0.4) is 0 Å². The second-order valence-electron chi connectivity index (χ2n) is 4.41. The van der Waals surface area contributed by atoms with Gasteiger partial charge in [0.15, 0.2) is 0 Å². The van der Waals surface area contributed by atoms with Gasteiger partial charge in [0.05, 0.1) is 25.0 Å². The van der Waals surface area contributed by atoms with Crippen LogP contribution in [0.5, 0.6) is 0 Å².